The molecule has 0 radical (unpaired) electrons. The van der Waals surface area contributed by atoms with Gasteiger partial charge in [-0.1, -0.05) is 19.8 Å². The highest BCUT2D eigenvalue weighted by Crippen LogP contribution is 2.39. The number of nitrogens with zero attached hydrogens (tertiary/aromatic N) is 4. The van der Waals surface area contributed by atoms with Crippen LogP contribution in [0.4, 0.5) is 5.95 Å². The number of aryl methyl sites for hydroxylation is 1. The SMILES string of the molecule is COC[C@H](C)Nc1ncc2c(-c3cncc(C)c3)cc(C3CCC(C)CC3)n2n1. The van der Waals surface area contributed by atoms with E-state index in [1.54, 1.807) is 7.11 Å². The maximum absolute atomic E-state index is 5.23. The molecule has 0 bridgehead atoms. The van der Waals surface area contributed by atoms with Gasteiger partial charge in [0.25, 0.3) is 0 Å². The van der Waals surface area contributed by atoms with E-state index in [2.05, 4.69) is 52.7 Å². The fourth-order valence-corrected chi connectivity index (χ4v) is 4.37. The van der Waals surface area contributed by atoms with E-state index in [4.69, 9.17) is 9.84 Å². The summed E-state index contributed by atoms with van der Waals surface area (Å²) in [6, 6.07) is 4.64. The summed E-state index contributed by atoms with van der Waals surface area (Å²) in [6.45, 7) is 7.12. The second kappa shape index (κ2) is 8.49. The van der Waals surface area contributed by atoms with Gasteiger partial charge in [-0.15, -0.1) is 5.10 Å². The highest BCUT2D eigenvalue weighted by atomic mass is 16.5. The minimum Gasteiger partial charge on any atom is -0.383 e. The molecule has 6 heteroatoms. The Balaban J connectivity index is 1.78. The lowest BCUT2D eigenvalue weighted by Gasteiger charge is -2.25. The third-order valence-electron chi connectivity index (χ3n) is 5.96. The molecule has 0 aliphatic heterocycles. The Hall–Kier alpha value is -2.47. The zero-order valence-corrected chi connectivity index (χ0v) is 17.9. The van der Waals surface area contributed by atoms with Crippen LogP contribution in [-0.4, -0.2) is 39.3 Å². The van der Waals surface area contributed by atoms with Gasteiger partial charge in [-0.2, -0.15) is 0 Å². The summed E-state index contributed by atoms with van der Waals surface area (Å²) >= 11 is 0. The van der Waals surface area contributed by atoms with Gasteiger partial charge < -0.3 is 10.1 Å². The van der Waals surface area contributed by atoms with Crippen molar-refractivity contribution in [1.82, 2.24) is 19.6 Å². The molecule has 0 amide bonds. The van der Waals surface area contributed by atoms with E-state index in [9.17, 15) is 0 Å². The molecule has 6 nitrogen and oxygen atoms in total. The second-order valence-electron chi connectivity index (χ2n) is 8.57. The van der Waals surface area contributed by atoms with Crippen LogP contribution in [0, 0.1) is 12.8 Å². The minimum absolute atomic E-state index is 0.146. The van der Waals surface area contributed by atoms with Gasteiger partial charge >= 0.3 is 0 Å². The average molecular weight is 394 g/mol. The van der Waals surface area contributed by atoms with Crippen LogP contribution in [0.1, 0.15) is 56.7 Å². The van der Waals surface area contributed by atoms with Gasteiger partial charge in [0, 0.05) is 48.3 Å². The van der Waals surface area contributed by atoms with Gasteiger partial charge in [0.15, 0.2) is 0 Å². The van der Waals surface area contributed by atoms with Crippen LogP contribution in [0.5, 0.6) is 0 Å². The molecule has 29 heavy (non-hydrogen) atoms. The Morgan fingerprint density at radius 3 is 2.69 bits per heavy atom. The van der Waals surface area contributed by atoms with E-state index < -0.39 is 0 Å². The van der Waals surface area contributed by atoms with Crippen LogP contribution in [-0.2, 0) is 4.74 Å². The number of aromatic nitrogens is 4. The van der Waals surface area contributed by atoms with Crippen LogP contribution >= 0.6 is 0 Å². The van der Waals surface area contributed by atoms with Gasteiger partial charge in [-0.25, -0.2) is 9.50 Å². The molecular weight excluding hydrogens is 362 g/mol. The molecule has 1 saturated carbocycles. The first-order valence-electron chi connectivity index (χ1n) is 10.6. The Bertz CT molecular complexity index is 975. The molecule has 1 atom stereocenters. The van der Waals surface area contributed by atoms with Crippen LogP contribution in [0.25, 0.3) is 16.6 Å². The molecule has 0 unspecified atom stereocenters. The van der Waals surface area contributed by atoms with Crippen molar-refractivity contribution >= 4 is 11.5 Å². The van der Waals surface area contributed by atoms with Crippen molar-refractivity contribution < 1.29 is 4.74 Å². The Morgan fingerprint density at radius 1 is 1.17 bits per heavy atom. The molecule has 0 saturated heterocycles. The summed E-state index contributed by atoms with van der Waals surface area (Å²) in [5, 5.41) is 8.23. The van der Waals surface area contributed by atoms with Crippen molar-refractivity contribution in [2.45, 2.75) is 58.4 Å². The first kappa shape index (κ1) is 19.8. The summed E-state index contributed by atoms with van der Waals surface area (Å²) in [5.41, 5.74) is 5.76. The molecule has 3 aromatic rings. The lowest BCUT2D eigenvalue weighted by molar-refractivity contribution is 0.190. The molecule has 3 heterocycles. The second-order valence-corrected chi connectivity index (χ2v) is 8.57. The molecule has 0 aromatic carbocycles. The fourth-order valence-electron chi connectivity index (χ4n) is 4.37. The minimum atomic E-state index is 0.146. The molecule has 0 spiro atoms. The lowest BCUT2D eigenvalue weighted by atomic mass is 9.81. The zero-order chi connectivity index (χ0) is 20.4. The molecule has 1 aliphatic rings. The van der Waals surface area contributed by atoms with Crippen LogP contribution in [0.3, 0.4) is 0 Å². The van der Waals surface area contributed by atoms with Crippen molar-refractivity contribution in [1.29, 1.82) is 0 Å². The van der Waals surface area contributed by atoms with Crippen molar-refractivity contribution in [3.05, 3.63) is 42.0 Å². The van der Waals surface area contributed by atoms with E-state index in [-0.39, 0.29) is 6.04 Å². The first-order chi connectivity index (χ1) is 14.0. The van der Waals surface area contributed by atoms with E-state index in [0.29, 0.717) is 18.5 Å². The third-order valence-corrected chi connectivity index (χ3v) is 5.96. The van der Waals surface area contributed by atoms with Crippen LogP contribution in [0.15, 0.2) is 30.7 Å². The van der Waals surface area contributed by atoms with Crippen LogP contribution < -0.4 is 5.32 Å². The summed E-state index contributed by atoms with van der Waals surface area (Å²) in [7, 11) is 1.71. The van der Waals surface area contributed by atoms with Gasteiger partial charge in [0.05, 0.1) is 18.3 Å². The molecule has 3 aromatic heterocycles. The number of methoxy groups -OCH3 is 1. The number of nitrogens with one attached hydrogen (secondary N) is 1. The van der Waals surface area contributed by atoms with Crippen molar-refractivity contribution in [3.8, 4) is 11.1 Å². The lowest BCUT2D eigenvalue weighted by Crippen LogP contribution is -2.23. The van der Waals surface area contributed by atoms with E-state index >= 15 is 0 Å². The summed E-state index contributed by atoms with van der Waals surface area (Å²) in [5.74, 6) is 1.99. The first-order valence-corrected chi connectivity index (χ1v) is 10.6. The monoisotopic (exact) mass is 393 g/mol. The number of anilines is 1. The van der Waals surface area contributed by atoms with Crippen molar-refractivity contribution in [2.75, 3.05) is 19.0 Å². The number of ether oxygens (including phenoxy) is 1. The third kappa shape index (κ3) is 4.27. The van der Waals surface area contributed by atoms with Crippen molar-refractivity contribution in [2.24, 2.45) is 5.92 Å². The molecule has 154 valence electrons. The summed E-state index contributed by atoms with van der Waals surface area (Å²) < 4.78 is 7.34. The number of rotatable bonds is 6. The summed E-state index contributed by atoms with van der Waals surface area (Å²) in [6.07, 6.45) is 10.7. The molecular formula is C23H31N5O. The molecule has 1 fully saturated rings. The maximum atomic E-state index is 5.23. The Labute approximate surface area is 172 Å². The van der Waals surface area contributed by atoms with Gasteiger partial charge in [0.1, 0.15) is 0 Å². The Morgan fingerprint density at radius 2 is 1.97 bits per heavy atom. The topological polar surface area (TPSA) is 64.3 Å². The number of fused-ring (bicyclic) bond motifs is 1. The average Bonchev–Trinajstić information content (AvgIpc) is 3.08. The van der Waals surface area contributed by atoms with Crippen LogP contribution in [0.2, 0.25) is 0 Å². The van der Waals surface area contributed by atoms with Gasteiger partial charge in [-0.05, 0) is 50.3 Å². The quantitative estimate of drug-likeness (QED) is 0.649. The molecule has 4 rings (SSSR count). The molecule has 1 aliphatic carbocycles. The predicted octanol–water partition coefficient (Wildman–Crippen LogP) is 4.84. The highest BCUT2D eigenvalue weighted by molar-refractivity contribution is 5.81. The Kier molecular flexibility index (Phi) is 5.81. The standard InChI is InChI=1S/C23H31N5O/c1-15-5-7-18(8-6-15)21-10-20(19-9-16(2)11-24-12-19)22-13-25-23(27-28(21)22)26-17(3)14-29-4/h9-13,15,17-18H,5-8,14H2,1-4H3,(H,26,27)/t15?,17-,18?/m0/s1. The normalized spacial score (nSPS) is 20.7. The van der Waals surface area contributed by atoms with Gasteiger partial charge in [0.2, 0.25) is 5.95 Å². The maximum Gasteiger partial charge on any atom is 0.241 e. The van der Waals surface area contributed by atoms with E-state index in [0.717, 1.165) is 28.1 Å². The molecule has 1 N–H and O–H groups in total. The number of hydrogen-bond donors (Lipinski definition) is 1. The van der Waals surface area contributed by atoms with Crippen molar-refractivity contribution in [3.63, 3.8) is 0 Å². The smallest absolute Gasteiger partial charge is 0.241 e. The summed E-state index contributed by atoms with van der Waals surface area (Å²) in [4.78, 5) is 8.99. The highest BCUT2D eigenvalue weighted by Gasteiger charge is 2.25. The number of pyridine rings is 1. The number of hydrogen-bond acceptors (Lipinski definition) is 5. The fraction of sp³-hybridized carbons (Fsp3) is 0.522. The zero-order valence-electron chi connectivity index (χ0n) is 17.9. The van der Waals surface area contributed by atoms with E-state index in [1.807, 2.05) is 18.6 Å². The largest absolute Gasteiger partial charge is 0.383 e. The predicted molar refractivity (Wildman–Crippen MR) is 116 cm³/mol. The van der Waals surface area contributed by atoms with E-state index in [1.165, 1.54) is 31.4 Å². The van der Waals surface area contributed by atoms with Gasteiger partial charge in [-0.3, -0.25) is 4.98 Å².